The van der Waals surface area contributed by atoms with Gasteiger partial charge in [-0.2, -0.15) is 0 Å². The number of fused-ring (bicyclic) bond motifs is 2. The van der Waals surface area contributed by atoms with Gasteiger partial charge in [0.2, 0.25) is 5.91 Å². The highest BCUT2D eigenvalue weighted by Gasteiger charge is 2.56. The first-order valence-electron chi connectivity index (χ1n) is 14.3. The van der Waals surface area contributed by atoms with Crippen LogP contribution in [0, 0.1) is 28.9 Å². The minimum absolute atomic E-state index is 0.0677. The predicted molar refractivity (Wildman–Crippen MR) is 145 cm³/mol. The van der Waals surface area contributed by atoms with Crippen LogP contribution in [0.4, 0.5) is 8.78 Å². The fourth-order valence-corrected chi connectivity index (χ4v) is 9.62. The van der Waals surface area contributed by atoms with Gasteiger partial charge in [-0.3, -0.25) is 9.69 Å². The number of likely N-dealkylation sites (tertiary alicyclic amines) is 1. The molecule has 4 aliphatic rings. The van der Waals surface area contributed by atoms with E-state index in [0.29, 0.717) is 24.6 Å². The number of hydrogen-bond donors (Lipinski definition) is 0. The molecular weight excluding hydrogens is 490 g/mol. The second kappa shape index (κ2) is 10.4. The largest absolute Gasteiger partial charge is 0.617 e. The lowest BCUT2D eigenvalue weighted by Crippen LogP contribution is -2.56. The van der Waals surface area contributed by atoms with Crippen molar-refractivity contribution in [2.45, 2.75) is 102 Å². The van der Waals surface area contributed by atoms with E-state index in [-0.39, 0.29) is 40.8 Å². The maximum atomic E-state index is 15.0. The third-order valence-corrected chi connectivity index (χ3v) is 11.0. The Morgan fingerprint density at radius 3 is 2.27 bits per heavy atom. The summed E-state index contributed by atoms with van der Waals surface area (Å²) in [5.74, 6) is -0.280. The molecule has 37 heavy (non-hydrogen) atoms. The smallest absolute Gasteiger partial charge is 0.228 e. The number of halogens is 2. The van der Waals surface area contributed by atoms with Gasteiger partial charge in [-0.1, -0.05) is 36.5 Å². The van der Waals surface area contributed by atoms with E-state index in [1.54, 1.807) is 0 Å². The maximum Gasteiger partial charge on any atom is 0.228 e. The predicted octanol–water partition coefficient (Wildman–Crippen LogP) is 5.88. The molecular formula is C30H44F2N2O2S. The van der Waals surface area contributed by atoms with Gasteiger partial charge in [-0.15, -0.1) is 0 Å². The van der Waals surface area contributed by atoms with Crippen LogP contribution in [0.25, 0.3) is 0 Å². The Hall–Kier alpha value is -1.18. The first kappa shape index (κ1) is 27.4. The van der Waals surface area contributed by atoms with E-state index in [9.17, 15) is 18.1 Å². The summed E-state index contributed by atoms with van der Waals surface area (Å²) in [6.07, 6.45) is 12.0. The lowest BCUT2D eigenvalue weighted by atomic mass is 9.63. The van der Waals surface area contributed by atoms with Crippen LogP contribution < -0.4 is 0 Å². The van der Waals surface area contributed by atoms with Gasteiger partial charge in [0.05, 0.1) is 12.2 Å². The van der Waals surface area contributed by atoms with Crippen LogP contribution >= 0.6 is 0 Å². The Morgan fingerprint density at radius 2 is 1.70 bits per heavy atom. The highest BCUT2D eigenvalue weighted by Crippen LogP contribution is 2.54. The molecule has 3 aliphatic heterocycles. The van der Waals surface area contributed by atoms with E-state index >= 15 is 0 Å². The van der Waals surface area contributed by atoms with Gasteiger partial charge in [0, 0.05) is 48.1 Å². The zero-order chi connectivity index (χ0) is 26.5. The van der Waals surface area contributed by atoms with Crippen LogP contribution in [0.15, 0.2) is 18.2 Å². The molecule has 0 radical (unpaired) electrons. The van der Waals surface area contributed by atoms with E-state index in [2.05, 4.69) is 30.6 Å². The molecule has 1 aliphatic carbocycles. The van der Waals surface area contributed by atoms with E-state index in [4.69, 9.17) is 0 Å². The minimum Gasteiger partial charge on any atom is -0.617 e. The molecule has 3 saturated heterocycles. The van der Waals surface area contributed by atoms with Gasteiger partial charge < -0.3 is 9.45 Å². The van der Waals surface area contributed by atoms with E-state index in [0.717, 1.165) is 37.5 Å². The van der Waals surface area contributed by atoms with Crippen molar-refractivity contribution in [1.82, 2.24) is 9.80 Å². The van der Waals surface area contributed by atoms with Crippen molar-refractivity contribution < 1.29 is 18.1 Å². The van der Waals surface area contributed by atoms with Crippen LogP contribution in [-0.4, -0.2) is 63.0 Å². The van der Waals surface area contributed by atoms with E-state index in [1.807, 2.05) is 6.26 Å². The van der Waals surface area contributed by atoms with Crippen molar-refractivity contribution in [2.24, 2.45) is 17.3 Å². The molecule has 4 fully saturated rings. The number of carbonyl (C=O) groups is 1. The third kappa shape index (κ3) is 5.34. The molecule has 1 aromatic rings. The highest BCUT2D eigenvalue weighted by atomic mass is 32.2. The zero-order valence-corrected chi connectivity index (χ0v) is 23.8. The number of piperidine rings is 1. The van der Waals surface area contributed by atoms with Crippen LogP contribution in [0.5, 0.6) is 0 Å². The lowest BCUT2D eigenvalue weighted by molar-refractivity contribution is -0.143. The molecule has 1 aromatic carbocycles. The van der Waals surface area contributed by atoms with Gasteiger partial charge in [0.25, 0.3) is 0 Å². The molecule has 0 N–H and O–H groups in total. The lowest BCUT2D eigenvalue weighted by Gasteiger charge is -2.51. The summed E-state index contributed by atoms with van der Waals surface area (Å²) in [5.41, 5.74) is 0.373. The number of nitrogens with zero attached hydrogens (tertiary/aromatic N) is 2. The SMILES string of the molecule is C[S+]([O-])CC1(C2CCCCC2)CC2CCC(C1)N2C(=O)C1CN(C(C)(C)C)CC1c1ccc(F)cc1F. The summed E-state index contributed by atoms with van der Waals surface area (Å²) < 4.78 is 41.3. The Kier molecular flexibility index (Phi) is 7.71. The van der Waals surface area contributed by atoms with Crippen molar-refractivity contribution in [3.05, 3.63) is 35.4 Å². The van der Waals surface area contributed by atoms with Crippen LogP contribution in [0.3, 0.4) is 0 Å². The molecule has 4 nitrogen and oxygen atoms in total. The molecule has 3 heterocycles. The first-order valence-corrected chi connectivity index (χ1v) is 16.0. The van der Waals surface area contributed by atoms with Gasteiger partial charge in [0.1, 0.15) is 17.4 Å². The molecule has 0 aromatic heterocycles. The van der Waals surface area contributed by atoms with Gasteiger partial charge in [-0.05, 0) is 76.8 Å². The Balaban J connectivity index is 1.42. The van der Waals surface area contributed by atoms with Crippen molar-refractivity contribution >= 4 is 17.1 Å². The fourth-order valence-electron chi connectivity index (χ4n) is 8.34. The molecule has 0 spiro atoms. The van der Waals surface area contributed by atoms with Crippen molar-refractivity contribution in [3.63, 3.8) is 0 Å². The Labute approximate surface area is 224 Å². The van der Waals surface area contributed by atoms with Gasteiger partial charge in [0.15, 0.2) is 0 Å². The second-order valence-corrected chi connectivity index (χ2v) is 14.8. The normalized spacial score (nSPS) is 34.2. The molecule has 5 unspecified atom stereocenters. The average Bonchev–Trinajstić information content (AvgIpc) is 3.39. The highest BCUT2D eigenvalue weighted by molar-refractivity contribution is 7.90. The second-order valence-electron chi connectivity index (χ2n) is 13.4. The zero-order valence-electron chi connectivity index (χ0n) is 23.0. The van der Waals surface area contributed by atoms with Crippen molar-refractivity contribution in [2.75, 3.05) is 25.1 Å². The molecule has 2 bridgehead atoms. The molecule has 1 saturated carbocycles. The topological polar surface area (TPSA) is 46.6 Å². The number of amides is 1. The fraction of sp³-hybridized carbons (Fsp3) is 0.767. The maximum absolute atomic E-state index is 15.0. The monoisotopic (exact) mass is 534 g/mol. The molecule has 7 heteroatoms. The summed E-state index contributed by atoms with van der Waals surface area (Å²) in [4.78, 5) is 18.8. The van der Waals surface area contributed by atoms with Crippen LogP contribution in [0.2, 0.25) is 0 Å². The number of carbonyl (C=O) groups excluding carboxylic acids is 1. The molecule has 206 valence electrons. The summed E-state index contributed by atoms with van der Waals surface area (Å²) >= 11 is -0.863. The minimum atomic E-state index is -0.863. The summed E-state index contributed by atoms with van der Waals surface area (Å²) in [6.45, 7) is 7.57. The number of rotatable bonds is 5. The Morgan fingerprint density at radius 1 is 1.05 bits per heavy atom. The van der Waals surface area contributed by atoms with E-state index < -0.39 is 22.8 Å². The summed E-state index contributed by atoms with van der Waals surface area (Å²) in [6, 6.07) is 4.16. The Bertz CT molecular complexity index is 976. The van der Waals surface area contributed by atoms with Gasteiger partial charge >= 0.3 is 0 Å². The van der Waals surface area contributed by atoms with Crippen molar-refractivity contribution in [1.29, 1.82) is 0 Å². The van der Waals surface area contributed by atoms with Crippen LogP contribution in [0.1, 0.15) is 90.0 Å². The first-order chi connectivity index (χ1) is 17.5. The molecule has 5 rings (SSSR count). The molecule has 1 amide bonds. The van der Waals surface area contributed by atoms with E-state index in [1.165, 1.54) is 44.2 Å². The number of hydrogen-bond acceptors (Lipinski definition) is 3. The summed E-state index contributed by atoms with van der Waals surface area (Å²) in [5, 5.41) is 0. The average molecular weight is 535 g/mol. The quantitative estimate of drug-likeness (QED) is 0.444. The standard InChI is InChI=1S/C30H44F2N2O2S/c1-29(2,3)33-17-25(24-13-10-21(31)14-27(24)32)26(18-33)28(35)34-22-11-12-23(34)16-30(15-22,19-37(4)36)20-8-6-5-7-9-20/h10,13-14,20,22-23,25-26H,5-9,11-12,15-19H2,1-4H3. The van der Waals surface area contributed by atoms with Gasteiger partial charge in [-0.25, -0.2) is 8.78 Å². The summed E-state index contributed by atoms with van der Waals surface area (Å²) in [7, 11) is 0. The molecule has 5 atom stereocenters. The van der Waals surface area contributed by atoms with Crippen molar-refractivity contribution in [3.8, 4) is 0 Å². The van der Waals surface area contributed by atoms with Crippen LogP contribution in [-0.2, 0) is 16.0 Å². The number of benzene rings is 1. The third-order valence-electron chi connectivity index (χ3n) is 10.1.